The third-order valence-corrected chi connectivity index (χ3v) is 3.06. The lowest BCUT2D eigenvalue weighted by Crippen LogP contribution is -1.96. The van der Waals surface area contributed by atoms with E-state index >= 15 is 0 Å². The van der Waals surface area contributed by atoms with Crippen LogP contribution >= 0.6 is 22.2 Å². The van der Waals surface area contributed by atoms with Crippen molar-refractivity contribution in [2.75, 3.05) is 0 Å². The first-order valence-corrected chi connectivity index (χ1v) is 7.09. The Morgan fingerprint density at radius 1 is 1.36 bits per heavy atom. The maximum atomic E-state index is 5.67. The van der Waals surface area contributed by atoms with Crippen LogP contribution in [0.15, 0.2) is 24.4 Å². The van der Waals surface area contributed by atoms with E-state index in [1.165, 1.54) is 0 Å². The second kappa shape index (κ2) is 4.75. The third-order valence-electron chi connectivity index (χ3n) is 1.30. The molecule has 1 nitrogen and oxygen atoms in total. The minimum Gasteiger partial charge on any atom is -0.261 e. The molecule has 0 saturated carbocycles. The average Bonchev–Trinajstić information content (AvgIpc) is 2.03. The molecule has 59 valence electrons. The van der Waals surface area contributed by atoms with Crippen molar-refractivity contribution in [3.8, 4) is 0 Å². The Morgan fingerprint density at radius 3 is 2.73 bits per heavy atom. The first kappa shape index (κ1) is 9.04. The fourth-order valence-electron chi connectivity index (χ4n) is 0.769. The van der Waals surface area contributed by atoms with Crippen LogP contribution in [0.2, 0.25) is 6.04 Å². The molecule has 1 heterocycles. The van der Waals surface area contributed by atoms with Crippen molar-refractivity contribution >= 4 is 29.6 Å². The predicted molar refractivity (Wildman–Crippen MR) is 50.2 cm³/mol. The van der Waals surface area contributed by atoms with Crippen molar-refractivity contribution in [1.82, 2.24) is 4.98 Å². The summed E-state index contributed by atoms with van der Waals surface area (Å²) in [5, 5.41) is 0. The largest absolute Gasteiger partial charge is 0.274 e. The molecule has 0 N–H and O–H groups in total. The number of aryl methyl sites for hydroxylation is 1. The van der Waals surface area contributed by atoms with Gasteiger partial charge >= 0.3 is 0 Å². The van der Waals surface area contributed by atoms with Gasteiger partial charge in [-0.15, -0.1) is 22.2 Å². The molecule has 0 spiro atoms. The molecule has 1 aromatic rings. The molecule has 0 unspecified atom stereocenters. The summed E-state index contributed by atoms with van der Waals surface area (Å²) in [6, 6.07) is 6.72. The zero-order valence-corrected chi connectivity index (χ0v) is 8.44. The monoisotopic (exact) mass is 204 g/mol. The zero-order chi connectivity index (χ0) is 8.10. The van der Waals surface area contributed by atoms with Crippen molar-refractivity contribution < 1.29 is 0 Å². The van der Waals surface area contributed by atoms with Crippen LogP contribution in [0.1, 0.15) is 5.69 Å². The quantitative estimate of drug-likeness (QED) is 0.546. The van der Waals surface area contributed by atoms with E-state index in [2.05, 4.69) is 4.98 Å². The summed E-state index contributed by atoms with van der Waals surface area (Å²) in [5.41, 5.74) is 1.07. The highest BCUT2D eigenvalue weighted by Crippen LogP contribution is 2.07. The van der Waals surface area contributed by atoms with E-state index in [1.54, 1.807) is 6.20 Å². The van der Waals surface area contributed by atoms with Crippen LogP contribution in [0, 0.1) is 0 Å². The van der Waals surface area contributed by atoms with E-state index in [9.17, 15) is 0 Å². The van der Waals surface area contributed by atoms with Crippen molar-refractivity contribution in [1.29, 1.82) is 0 Å². The van der Waals surface area contributed by atoms with Gasteiger partial charge in [-0.05, 0) is 24.6 Å². The Bertz CT molecular complexity index is 203. The molecule has 0 fully saturated rings. The van der Waals surface area contributed by atoms with Gasteiger partial charge in [0.1, 0.15) is 0 Å². The molecule has 1 radical (unpaired) electrons. The zero-order valence-electron chi connectivity index (χ0n) is 5.93. The van der Waals surface area contributed by atoms with Crippen LogP contribution < -0.4 is 0 Å². The molecule has 1 rings (SSSR count). The molecule has 0 aliphatic heterocycles. The van der Waals surface area contributed by atoms with Gasteiger partial charge in [-0.2, -0.15) is 0 Å². The minimum absolute atomic E-state index is 0.866. The lowest BCUT2D eigenvalue weighted by molar-refractivity contribution is 1.03. The first-order chi connectivity index (χ1) is 5.29. The molecular weight excluding hydrogens is 197 g/mol. The van der Waals surface area contributed by atoms with Crippen molar-refractivity contribution in [3.05, 3.63) is 30.1 Å². The van der Waals surface area contributed by atoms with E-state index in [1.807, 2.05) is 18.2 Å². The maximum Gasteiger partial charge on any atom is 0.274 e. The van der Waals surface area contributed by atoms with Crippen molar-refractivity contribution in [2.24, 2.45) is 0 Å². The lowest BCUT2D eigenvalue weighted by atomic mass is 10.3. The van der Waals surface area contributed by atoms with Crippen LogP contribution in [0.3, 0.4) is 0 Å². The normalized spacial score (nSPS) is 10.5. The number of hydrogen-bond donors (Lipinski definition) is 0. The molecular formula is C7H8Cl2NSi. The third kappa shape index (κ3) is 3.75. The summed E-state index contributed by atoms with van der Waals surface area (Å²) in [6.45, 7) is 0. The van der Waals surface area contributed by atoms with Gasteiger partial charge in [0, 0.05) is 11.9 Å². The summed E-state index contributed by atoms with van der Waals surface area (Å²) in [4.78, 5) is 4.15. The van der Waals surface area contributed by atoms with Gasteiger partial charge in [0.2, 0.25) is 0 Å². The number of pyridine rings is 1. The predicted octanol–water partition coefficient (Wildman–Crippen LogP) is 2.59. The molecule has 0 saturated heterocycles. The van der Waals surface area contributed by atoms with Gasteiger partial charge in [-0.1, -0.05) is 6.07 Å². The Morgan fingerprint density at radius 2 is 2.18 bits per heavy atom. The SMILES string of the molecule is Cl[Si](Cl)CCc1ccccn1. The Balaban J connectivity index is 2.39. The van der Waals surface area contributed by atoms with Crippen LogP contribution in [-0.4, -0.2) is 12.4 Å². The molecule has 0 aliphatic carbocycles. The second-order valence-corrected chi connectivity index (χ2v) is 6.65. The summed E-state index contributed by atoms with van der Waals surface area (Å²) >= 11 is 11.3. The lowest BCUT2D eigenvalue weighted by Gasteiger charge is -1.97. The smallest absolute Gasteiger partial charge is 0.261 e. The van der Waals surface area contributed by atoms with Gasteiger partial charge in [-0.3, -0.25) is 4.98 Å². The molecule has 0 bridgehead atoms. The minimum atomic E-state index is -1.13. The number of nitrogens with zero attached hydrogens (tertiary/aromatic N) is 1. The highest BCUT2D eigenvalue weighted by atomic mass is 35.7. The van der Waals surface area contributed by atoms with E-state index in [0.29, 0.717) is 0 Å². The fourth-order valence-corrected chi connectivity index (χ4v) is 1.78. The van der Waals surface area contributed by atoms with Gasteiger partial charge < -0.3 is 0 Å². The second-order valence-electron chi connectivity index (χ2n) is 2.16. The highest BCUT2D eigenvalue weighted by Gasteiger charge is 2.03. The number of halogens is 2. The van der Waals surface area contributed by atoms with Crippen LogP contribution in [-0.2, 0) is 6.42 Å². The van der Waals surface area contributed by atoms with Crippen molar-refractivity contribution in [3.63, 3.8) is 0 Å². The van der Waals surface area contributed by atoms with Crippen LogP contribution in [0.4, 0.5) is 0 Å². The number of hydrogen-bond acceptors (Lipinski definition) is 1. The van der Waals surface area contributed by atoms with Crippen molar-refractivity contribution in [2.45, 2.75) is 12.5 Å². The molecule has 0 aliphatic rings. The summed E-state index contributed by atoms with van der Waals surface area (Å²) in [5.74, 6) is 0. The molecule has 11 heavy (non-hydrogen) atoms. The summed E-state index contributed by atoms with van der Waals surface area (Å²) in [7, 11) is -1.13. The van der Waals surface area contributed by atoms with Crippen LogP contribution in [0.5, 0.6) is 0 Å². The fraction of sp³-hybridized carbons (Fsp3) is 0.286. The highest BCUT2D eigenvalue weighted by molar-refractivity contribution is 7.33. The van der Waals surface area contributed by atoms with E-state index in [0.717, 1.165) is 18.2 Å². The van der Waals surface area contributed by atoms with Gasteiger partial charge in [0.25, 0.3) is 7.42 Å². The molecule has 1 aromatic heterocycles. The summed E-state index contributed by atoms with van der Waals surface area (Å²) in [6.07, 6.45) is 2.67. The first-order valence-electron chi connectivity index (χ1n) is 3.36. The Kier molecular flexibility index (Phi) is 3.90. The summed E-state index contributed by atoms with van der Waals surface area (Å²) < 4.78 is 0. The maximum absolute atomic E-state index is 5.67. The molecule has 0 aromatic carbocycles. The molecule has 0 amide bonds. The standard InChI is InChI=1S/C7H8Cl2NSi/c8-11(9)6-4-7-3-1-2-5-10-7/h1-3,5H,4,6H2. The number of aromatic nitrogens is 1. The molecule has 0 atom stereocenters. The topological polar surface area (TPSA) is 12.9 Å². The van der Waals surface area contributed by atoms with Gasteiger partial charge in [0.15, 0.2) is 0 Å². The Labute approximate surface area is 77.4 Å². The van der Waals surface area contributed by atoms with E-state index in [4.69, 9.17) is 22.2 Å². The molecule has 4 heteroatoms. The number of rotatable bonds is 3. The van der Waals surface area contributed by atoms with E-state index in [-0.39, 0.29) is 0 Å². The van der Waals surface area contributed by atoms with E-state index < -0.39 is 7.42 Å². The van der Waals surface area contributed by atoms with Gasteiger partial charge in [0.05, 0.1) is 0 Å². The van der Waals surface area contributed by atoms with Crippen LogP contribution in [0.25, 0.3) is 0 Å². The Hall–Kier alpha value is -0.0531. The van der Waals surface area contributed by atoms with Gasteiger partial charge in [-0.25, -0.2) is 0 Å². The average molecular weight is 205 g/mol.